The summed E-state index contributed by atoms with van der Waals surface area (Å²) in [6, 6.07) is 3.97. The lowest BCUT2D eigenvalue weighted by atomic mass is 10.2. The van der Waals surface area contributed by atoms with E-state index in [4.69, 9.17) is 0 Å². The number of aryl methyl sites for hydroxylation is 2. The Morgan fingerprint density at radius 1 is 1.30 bits per heavy atom. The van der Waals surface area contributed by atoms with E-state index < -0.39 is 0 Å². The van der Waals surface area contributed by atoms with Crippen molar-refractivity contribution in [2.75, 3.05) is 6.54 Å². The van der Waals surface area contributed by atoms with Gasteiger partial charge in [0.05, 0.1) is 6.04 Å². The Morgan fingerprint density at radius 2 is 2.13 bits per heavy atom. The molecule has 2 heterocycles. The third kappa shape index (κ3) is 4.51. The molecule has 0 aromatic carbocycles. The summed E-state index contributed by atoms with van der Waals surface area (Å²) in [5, 5.41) is 7.04. The second-order valence-electron chi connectivity index (χ2n) is 6.08. The first kappa shape index (κ1) is 15.9. The van der Waals surface area contributed by atoms with Gasteiger partial charge in [0.2, 0.25) is 0 Å². The highest BCUT2D eigenvalue weighted by Gasteiger charge is 2.35. The van der Waals surface area contributed by atoms with Gasteiger partial charge < -0.3 is 10.6 Å². The molecule has 0 radical (unpaired) electrons. The largest absolute Gasteiger partial charge is 0.338 e. The number of rotatable bonds is 6. The Labute approximate surface area is 140 Å². The third-order valence-electron chi connectivity index (χ3n) is 3.96. The summed E-state index contributed by atoms with van der Waals surface area (Å²) in [5.41, 5.74) is 2.13. The van der Waals surface area contributed by atoms with Gasteiger partial charge >= 0.3 is 6.03 Å². The van der Waals surface area contributed by atoms with Crippen LogP contribution in [0.3, 0.4) is 0 Å². The number of hydrogen-bond acceptors (Lipinski definition) is 4. The number of nitrogens with zero attached hydrogens (tertiary/aromatic N) is 2. The Balaban J connectivity index is 1.48. The van der Waals surface area contributed by atoms with Crippen LogP contribution in [0.5, 0.6) is 0 Å². The average Bonchev–Trinajstić information content (AvgIpc) is 3.28. The van der Waals surface area contributed by atoms with Crippen LogP contribution in [0.15, 0.2) is 24.5 Å². The van der Waals surface area contributed by atoms with Crippen molar-refractivity contribution in [1.82, 2.24) is 20.6 Å². The molecule has 5 nitrogen and oxygen atoms in total. The van der Waals surface area contributed by atoms with Crippen molar-refractivity contribution in [3.05, 3.63) is 45.7 Å². The molecule has 23 heavy (non-hydrogen) atoms. The summed E-state index contributed by atoms with van der Waals surface area (Å²) in [6.07, 6.45) is 6.85. The van der Waals surface area contributed by atoms with Crippen molar-refractivity contribution in [2.45, 2.75) is 39.2 Å². The number of nitrogens with one attached hydrogen (secondary N) is 2. The van der Waals surface area contributed by atoms with Crippen LogP contribution in [0.25, 0.3) is 0 Å². The highest BCUT2D eigenvalue weighted by atomic mass is 32.1. The fraction of sp³-hybridized carbons (Fsp3) is 0.471. The molecule has 1 aliphatic rings. The van der Waals surface area contributed by atoms with Gasteiger partial charge in [-0.15, -0.1) is 11.3 Å². The van der Waals surface area contributed by atoms with E-state index in [0.29, 0.717) is 12.5 Å². The van der Waals surface area contributed by atoms with E-state index in [1.165, 1.54) is 17.7 Å². The van der Waals surface area contributed by atoms with Gasteiger partial charge in [0.15, 0.2) is 0 Å². The summed E-state index contributed by atoms with van der Waals surface area (Å²) in [7, 11) is 0. The lowest BCUT2D eigenvalue weighted by molar-refractivity contribution is 0.235. The Kier molecular flexibility index (Phi) is 4.91. The van der Waals surface area contributed by atoms with E-state index in [0.717, 1.165) is 22.7 Å². The van der Waals surface area contributed by atoms with Crippen molar-refractivity contribution in [2.24, 2.45) is 5.92 Å². The summed E-state index contributed by atoms with van der Waals surface area (Å²) >= 11 is 1.67. The minimum Gasteiger partial charge on any atom is -0.338 e. The number of carbonyl (C=O) groups excluding carboxylic acids is 1. The zero-order valence-electron chi connectivity index (χ0n) is 13.5. The van der Waals surface area contributed by atoms with Gasteiger partial charge in [-0.05, 0) is 50.7 Å². The monoisotopic (exact) mass is 330 g/mol. The number of pyridine rings is 1. The molecule has 2 aromatic heterocycles. The molecule has 0 aliphatic heterocycles. The number of urea groups is 1. The Bertz CT molecular complexity index is 663. The molecule has 1 atom stereocenters. The second kappa shape index (κ2) is 7.08. The van der Waals surface area contributed by atoms with E-state index in [1.807, 2.05) is 38.4 Å². The van der Waals surface area contributed by atoms with Crippen LogP contribution in [0.2, 0.25) is 0 Å². The van der Waals surface area contributed by atoms with E-state index in [2.05, 4.69) is 20.6 Å². The van der Waals surface area contributed by atoms with E-state index in [9.17, 15) is 4.79 Å². The molecule has 122 valence electrons. The second-order valence-corrected chi connectivity index (χ2v) is 7.35. The zero-order chi connectivity index (χ0) is 16.2. The quantitative estimate of drug-likeness (QED) is 0.855. The average molecular weight is 330 g/mol. The molecule has 0 saturated heterocycles. The number of thiazole rings is 1. The van der Waals surface area contributed by atoms with E-state index >= 15 is 0 Å². The van der Waals surface area contributed by atoms with Crippen molar-refractivity contribution >= 4 is 17.4 Å². The maximum atomic E-state index is 12.1. The maximum Gasteiger partial charge on any atom is 0.315 e. The molecular weight excluding hydrogens is 308 g/mol. The van der Waals surface area contributed by atoms with Gasteiger partial charge in [-0.1, -0.05) is 6.07 Å². The first-order chi connectivity index (χ1) is 11.1. The van der Waals surface area contributed by atoms with Gasteiger partial charge in [-0.3, -0.25) is 4.98 Å². The molecule has 1 aliphatic carbocycles. The summed E-state index contributed by atoms with van der Waals surface area (Å²) in [5.74, 6) is 0.535. The Hall–Kier alpha value is -1.95. The summed E-state index contributed by atoms with van der Waals surface area (Å²) in [4.78, 5) is 22.0. The lowest BCUT2D eigenvalue weighted by Crippen LogP contribution is -2.39. The van der Waals surface area contributed by atoms with Crippen LogP contribution in [0.4, 0.5) is 4.79 Å². The zero-order valence-corrected chi connectivity index (χ0v) is 14.3. The number of amides is 2. The predicted octanol–water partition coefficient (Wildman–Crippen LogP) is 3.15. The highest BCUT2D eigenvalue weighted by molar-refractivity contribution is 7.11. The normalized spacial score (nSPS) is 15.2. The molecular formula is C17H22N4OS. The number of aromatic nitrogens is 2. The summed E-state index contributed by atoms with van der Waals surface area (Å²) in [6.45, 7) is 4.61. The predicted molar refractivity (Wildman–Crippen MR) is 91.5 cm³/mol. The third-order valence-corrected chi connectivity index (χ3v) is 4.95. The molecule has 1 fully saturated rings. The minimum absolute atomic E-state index is 0.0507. The smallest absolute Gasteiger partial charge is 0.315 e. The van der Waals surface area contributed by atoms with Crippen LogP contribution in [0.1, 0.15) is 40.0 Å². The topological polar surface area (TPSA) is 66.9 Å². The van der Waals surface area contributed by atoms with Crippen molar-refractivity contribution in [3.63, 3.8) is 0 Å². The molecule has 0 spiro atoms. The first-order valence-electron chi connectivity index (χ1n) is 8.00. The first-order valence-corrected chi connectivity index (χ1v) is 8.81. The molecule has 0 bridgehead atoms. The SMILES string of the molecule is Cc1ccc(CCNC(=O)NC(c2ncc(C)s2)C2CC2)cn1. The van der Waals surface area contributed by atoms with Crippen molar-refractivity contribution in [1.29, 1.82) is 0 Å². The number of hydrogen-bond donors (Lipinski definition) is 2. The molecule has 2 aromatic rings. The Morgan fingerprint density at radius 3 is 2.74 bits per heavy atom. The molecule has 2 N–H and O–H groups in total. The van der Waals surface area contributed by atoms with Gasteiger partial charge in [0.25, 0.3) is 0 Å². The van der Waals surface area contributed by atoms with Gasteiger partial charge in [-0.2, -0.15) is 0 Å². The molecule has 1 saturated carbocycles. The number of carbonyl (C=O) groups is 1. The maximum absolute atomic E-state index is 12.1. The minimum atomic E-state index is -0.116. The summed E-state index contributed by atoms with van der Waals surface area (Å²) < 4.78 is 0. The standard InChI is InChI=1S/C17H22N4OS/c1-11-3-4-13(10-19-11)7-8-18-17(22)21-15(14-5-6-14)16-20-9-12(2)23-16/h3-4,9-10,14-15H,5-8H2,1-2H3,(H2,18,21,22). The van der Waals surface area contributed by atoms with E-state index in [1.54, 1.807) is 11.3 Å². The van der Waals surface area contributed by atoms with Crippen LogP contribution in [-0.2, 0) is 6.42 Å². The molecule has 6 heteroatoms. The van der Waals surface area contributed by atoms with Crippen LogP contribution in [-0.4, -0.2) is 22.5 Å². The van der Waals surface area contributed by atoms with Crippen LogP contribution >= 0.6 is 11.3 Å². The fourth-order valence-corrected chi connectivity index (χ4v) is 3.40. The molecule has 3 rings (SSSR count). The fourth-order valence-electron chi connectivity index (χ4n) is 2.49. The molecule has 1 unspecified atom stereocenters. The van der Waals surface area contributed by atoms with Crippen molar-refractivity contribution < 1.29 is 4.79 Å². The lowest BCUT2D eigenvalue weighted by Gasteiger charge is -2.16. The van der Waals surface area contributed by atoms with Crippen molar-refractivity contribution in [3.8, 4) is 0 Å². The van der Waals surface area contributed by atoms with Gasteiger partial charge in [0, 0.05) is 29.5 Å². The molecule has 2 amide bonds. The van der Waals surface area contributed by atoms with Crippen LogP contribution < -0.4 is 10.6 Å². The van der Waals surface area contributed by atoms with Crippen LogP contribution in [0, 0.1) is 19.8 Å². The van der Waals surface area contributed by atoms with E-state index in [-0.39, 0.29) is 12.1 Å². The highest BCUT2D eigenvalue weighted by Crippen LogP contribution is 2.41. The van der Waals surface area contributed by atoms with Gasteiger partial charge in [0.1, 0.15) is 5.01 Å². The van der Waals surface area contributed by atoms with Gasteiger partial charge in [-0.25, -0.2) is 9.78 Å².